The highest BCUT2D eigenvalue weighted by Crippen LogP contribution is 2.55. The Morgan fingerprint density at radius 1 is 0.164 bits per heavy atom. The SMILES string of the molecule is CC1(C)c2ccccc2-c2ccc(-c3ccc(N(c4ccc5c(-c6ccc(N(c7ccccc7)c7ccccc7)cc6)c6cc(N(c7ccc(-c8ccc9c(c8)C(C)(C)c8ccccc8-9)cc7)c7cccc8ccccc78)ccc6c(-c6ccc(N(c7ccccc7)c7ccccc7)cc6)c5c4)c4cccc5ccccc45)cc3)cc21. The van der Waals surface area contributed by atoms with Crippen LogP contribution < -0.4 is 19.6 Å². The molecule has 0 heterocycles. The minimum absolute atomic E-state index is 0.126. The highest BCUT2D eigenvalue weighted by atomic mass is 15.2. The van der Waals surface area contributed by atoms with E-state index in [2.05, 4.69) is 472 Å². The first-order chi connectivity index (χ1) is 57.1. The van der Waals surface area contributed by atoms with Crippen LogP contribution in [0.15, 0.2) is 425 Å². The maximum Gasteiger partial charge on any atom is 0.0540 e. The molecule has 550 valence electrons. The van der Waals surface area contributed by atoms with E-state index in [1.54, 1.807) is 0 Å². The summed E-state index contributed by atoms with van der Waals surface area (Å²) in [6.07, 6.45) is 0. The Hall–Kier alpha value is -14.6. The highest BCUT2D eigenvalue weighted by molar-refractivity contribution is 6.23. The average Bonchev–Trinajstić information content (AvgIpc) is 0.791. The molecule has 0 radical (unpaired) electrons. The molecular formula is C112H82N4. The van der Waals surface area contributed by atoms with Crippen molar-refractivity contribution in [3.63, 3.8) is 0 Å². The number of rotatable bonds is 16. The predicted molar refractivity (Wildman–Crippen MR) is 492 cm³/mol. The van der Waals surface area contributed by atoms with Crippen molar-refractivity contribution >= 4 is 111 Å². The molecule has 0 saturated carbocycles. The molecule has 2 aliphatic carbocycles. The summed E-state index contributed by atoms with van der Waals surface area (Å²) < 4.78 is 0. The van der Waals surface area contributed by atoms with Crippen molar-refractivity contribution in [1.82, 2.24) is 0 Å². The molecule has 19 aromatic carbocycles. The van der Waals surface area contributed by atoms with Crippen molar-refractivity contribution < 1.29 is 0 Å². The minimum atomic E-state index is -0.126. The topological polar surface area (TPSA) is 13.0 Å². The van der Waals surface area contributed by atoms with E-state index in [4.69, 9.17) is 0 Å². The molecule has 4 heteroatoms. The summed E-state index contributed by atoms with van der Waals surface area (Å²) in [5.41, 5.74) is 32.5. The Morgan fingerprint density at radius 2 is 0.440 bits per heavy atom. The fraction of sp³-hybridized carbons (Fsp3) is 0.0536. The van der Waals surface area contributed by atoms with E-state index in [0.717, 1.165) is 123 Å². The highest BCUT2D eigenvalue weighted by Gasteiger charge is 2.37. The molecule has 0 bridgehead atoms. The van der Waals surface area contributed by atoms with Gasteiger partial charge in [-0.15, -0.1) is 0 Å². The Kier molecular flexibility index (Phi) is 16.9. The first-order valence-corrected chi connectivity index (χ1v) is 40.4. The quantitative estimate of drug-likeness (QED) is 0.0894. The molecule has 0 amide bonds. The third-order valence-electron chi connectivity index (χ3n) is 24.6. The largest absolute Gasteiger partial charge is 0.311 e. The van der Waals surface area contributed by atoms with Crippen LogP contribution >= 0.6 is 0 Å². The standard InChI is InChI=1S/C112H82N4/c1-111(2)103-43-23-21-41-95(103)97-67-55-81(71-105(97)111)75-47-57-89(58-48-75)115(107-45-25-29-77-27-17-19-39-93(77)107)91-65-69-99-101(73-91)109(79-51-61-87(62-52-79)113(83-31-9-5-10-32-83)84-33-11-6-12-34-84)100-70-66-92(74-102(100)110(99)80-53-63-88(64-54-80)114(85-35-13-7-14-36-85)86-37-15-8-16-38-86)116(108-46-26-30-78-28-18-20-40-94(78)108)90-59-49-76(50-60-90)82-56-68-98-96-42-22-24-44-104(96)112(3,4)106(98)72-82/h5-74H,1-4H3. The first-order valence-electron chi connectivity index (χ1n) is 40.4. The van der Waals surface area contributed by atoms with Gasteiger partial charge >= 0.3 is 0 Å². The molecule has 0 N–H and O–H groups in total. The van der Waals surface area contributed by atoms with Crippen molar-refractivity contribution in [2.75, 3.05) is 19.6 Å². The zero-order valence-electron chi connectivity index (χ0n) is 65.2. The maximum absolute atomic E-state index is 2.49. The Morgan fingerprint density at radius 3 is 0.810 bits per heavy atom. The molecule has 19 aromatic rings. The summed E-state index contributed by atoms with van der Waals surface area (Å²) in [6, 6.07) is 158. The Bertz CT molecular complexity index is 6460. The Labute approximate surface area is 678 Å². The molecule has 0 saturated heterocycles. The molecule has 0 fully saturated rings. The normalized spacial score (nSPS) is 12.8. The van der Waals surface area contributed by atoms with Crippen molar-refractivity contribution in [2.24, 2.45) is 0 Å². The van der Waals surface area contributed by atoms with E-state index in [-0.39, 0.29) is 10.8 Å². The van der Waals surface area contributed by atoms with Gasteiger partial charge in [0.05, 0.1) is 11.4 Å². The number of hydrogen-bond donors (Lipinski definition) is 0. The van der Waals surface area contributed by atoms with E-state index in [9.17, 15) is 0 Å². The summed E-state index contributed by atoms with van der Waals surface area (Å²) in [7, 11) is 0. The van der Waals surface area contributed by atoms with Gasteiger partial charge in [-0.1, -0.05) is 307 Å². The van der Waals surface area contributed by atoms with Gasteiger partial charge in [0.2, 0.25) is 0 Å². The van der Waals surface area contributed by atoms with Gasteiger partial charge in [-0.05, 0) is 267 Å². The summed E-state index contributed by atoms with van der Waals surface area (Å²) in [5.74, 6) is 0. The molecule has 0 spiro atoms. The molecule has 0 aliphatic heterocycles. The second-order valence-corrected chi connectivity index (χ2v) is 31.9. The molecule has 116 heavy (non-hydrogen) atoms. The molecule has 0 atom stereocenters. The second kappa shape index (κ2) is 28.3. The summed E-state index contributed by atoms with van der Waals surface area (Å²) >= 11 is 0. The van der Waals surface area contributed by atoms with Gasteiger partial charge in [0, 0.05) is 78.5 Å². The van der Waals surface area contributed by atoms with Gasteiger partial charge in [0.15, 0.2) is 0 Å². The lowest BCUT2D eigenvalue weighted by atomic mass is 9.81. The van der Waals surface area contributed by atoms with Crippen molar-refractivity contribution in [3.8, 4) is 66.8 Å². The number of anilines is 12. The summed E-state index contributed by atoms with van der Waals surface area (Å²) in [5, 5.41) is 9.15. The molecule has 21 rings (SSSR count). The van der Waals surface area contributed by atoms with E-state index >= 15 is 0 Å². The van der Waals surface area contributed by atoms with Gasteiger partial charge in [0.1, 0.15) is 0 Å². The van der Waals surface area contributed by atoms with Crippen molar-refractivity contribution in [3.05, 3.63) is 447 Å². The van der Waals surface area contributed by atoms with Crippen LogP contribution in [0.4, 0.5) is 68.2 Å². The lowest BCUT2D eigenvalue weighted by Gasteiger charge is -2.29. The van der Waals surface area contributed by atoms with Crippen LogP contribution in [0.5, 0.6) is 0 Å². The van der Waals surface area contributed by atoms with E-state index in [0.29, 0.717) is 0 Å². The molecule has 0 unspecified atom stereocenters. The average molecular weight is 1480 g/mol. The van der Waals surface area contributed by atoms with Crippen LogP contribution in [0.2, 0.25) is 0 Å². The predicted octanol–water partition coefficient (Wildman–Crippen LogP) is 31.5. The fourth-order valence-electron chi connectivity index (χ4n) is 18.9. The van der Waals surface area contributed by atoms with Crippen LogP contribution in [-0.4, -0.2) is 0 Å². The van der Waals surface area contributed by atoms with E-state index in [1.807, 2.05) is 0 Å². The maximum atomic E-state index is 2.49. The lowest BCUT2D eigenvalue weighted by molar-refractivity contribution is 0.660. The van der Waals surface area contributed by atoms with Crippen LogP contribution in [-0.2, 0) is 10.8 Å². The van der Waals surface area contributed by atoms with Crippen LogP contribution in [0.1, 0.15) is 49.9 Å². The summed E-state index contributed by atoms with van der Waals surface area (Å²) in [6.45, 7) is 9.46. The molecule has 4 nitrogen and oxygen atoms in total. The molecular weight excluding hydrogens is 1400 g/mol. The number of fused-ring (bicyclic) bond motifs is 10. The molecule has 2 aliphatic rings. The summed E-state index contributed by atoms with van der Waals surface area (Å²) in [4.78, 5) is 9.68. The van der Waals surface area contributed by atoms with E-state index in [1.165, 1.54) is 77.5 Å². The number of nitrogens with zero attached hydrogens (tertiary/aromatic N) is 4. The van der Waals surface area contributed by atoms with Gasteiger partial charge < -0.3 is 19.6 Å². The second-order valence-electron chi connectivity index (χ2n) is 31.9. The number of benzene rings is 19. The number of para-hydroxylation sites is 4. The fourth-order valence-corrected chi connectivity index (χ4v) is 18.9. The van der Waals surface area contributed by atoms with E-state index < -0.39 is 0 Å². The van der Waals surface area contributed by atoms with Gasteiger partial charge in [-0.3, -0.25) is 0 Å². The zero-order valence-corrected chi connectivity index (χ0v) is 65.2. The zero-order chi connectivity index (χ0) is 77.6. The van der Waals surface area contributed by atoms with Crippen LogP contribution in [0.3, 0.4) is 0 Å². The van der Waals surface area contributed by atoms with Crippen molar-refractivity contribution in [2.45, 2.75) is 38.5 Å². The lowest BCUT2D eigenvalue weighted by Crippen LogP contribution is -2.14. The first kappa shape index (κ1) is 69.4. The monoisotopic (exact) mass is 1480 g/mol. The van der Waals surface area contributed by atoms with Crippen LogP contribution in [0, 0.1) is 0 Å². The van der Waals surface area contributed by atoms with Crippen LogP contribution in [0.25, 0.3) is 110 Å². The number of hydrogen-bond acceptors (Lipinski definition) is 4. The van der Waals surface area contributed by atoms with Gasteiger partial charge in [-0.25, -0.2) is 0 Å². The smallest absolute Gasteiger partial charge is 0.0540 e. The van der Waals surface area contributed by atoms with Crippen molar-refractivity contribution in [1.29, 1.82) is 0 Å². The van der Waals surface area contributed by atoms with Gasteiger partial charge in [0.25, 0.3) is 0 Å². The molecule has 0 aromatic heterocycles. The third-order valence-corrected chi connectivity index (χ3v) is 24.6. The third kappa shape index (κ3) is 11.8. The van der Waals surface area contributed by atoms with Gasteiger partial charge in [-0.2, -0.15) is 0 Å². The minimum Gasteiger partial charge on any atom is -0.311 e. The Balaban J connectivity index is 0.797.